The van der Waals surface area contributed by atoms with Crippen LogP contribution in [-0.4, -0.2) is 12.5 Å². The quantitative estimate of drug-likeness (QED) is 0.356. The topological polar surface area (TPSA) is 0 Å². The van der Waals surface area contributed by atoms with Crippen molar-refractivity contribution in [3.63, 3.8) is 0 Å². The van der Waals surface area contributed by atoms with Crippen molar-refractivity contribution in [1.82, 2.24) is 0 Å². The van der Waals surface area contributed by atoms with E-state index in [2.05, 4.69) is 6.58 Å². The molecule has 2 bridgehead atoms. The van der Waals surface area contributed by atoms with Gasteiger partial charge >= 0.3 is 0 Å². The predicted molar refractivity (Wildman–Crippen MR) is 78.1 cm³/mol. The minimum Gasteiger partial charge on any atom is -0.118 e. The molecule has 17 heavy (non-hydrogen) atoms. The molecule has 7 heteroatoms. The van der Waals surface area contributed by atoms with Crippen LogP contribution in [0, 0.1) is 11.3 Å². The summed E-state index contributed by atoms with van der Waals surface area (Å²) >= 11 is 43.2. The van der Waals surface area contributed by atoms with Gasteiger partial charge in [-0.05, 0) is 25.2 Å². The molecular formula is C10H9Cl7. The standard InChI is InChI=1S/C10H9Cl7/c1-5-6-2-3-7(11,4-6)8(5,9(12,13)14)10(15,16)17/h6H,1-4H2. The molecule has 0 heterocycles. The molecule has 0 N–H and O–H groups in total. The zero-order valence-corrected chi connectivity index (χ0v) is 13.8. The Balaban J connectivity index is 2.68. The van der Waals surface area contributed by atoms with Gasteiger partial charge in [-0.3, -0.25) is 0 Å². The van der Waals surface area contributed by atoms with E-state index in [1.165, 1.54) is 0 Å². The lowest BCUT2D eigenvalue weighted by molar-refractivity contribution is 0.264. The van der Waals surface area contributed by atoms with Gasteiger partial charge in [0.2, 0.25) is 7.59 Å². The normalized spacial score (nSPS) is 36.6. The van der Waals surface area contributed by atoms with Gasteiger partial charge in [0.25, 0.3) is 0 Å². The Kier molecular flexibility index (Phi) is 3.69. The maximum Gasteiger partial charge on any atom is 0.205 e. The summed E-state index contributed by atoms with van der Waals surface area (Å²) in [6.07, 6.45) is 2.18. The summed E-state index contributed by atoms with van der Waals surface area (Å²) in [5.74, 6) is 0.152. The molecule has 0 radical (unpaired) electrons. The summed E-state index contributed by atoms with van der Waals surface area (Å²) in [7, 11) is 0. The Morgan fingerprint density at radius 3 is 1.76 bits per heavy atom. The van der Waals surface area contributed by atoms with Gasteiger partial charge in [-0.1, -0.05) is 81.8 Å². The van der Waals surface area contributed by atoms with Crippen LogP contribution in [0.2, 0.25) is 0 Å². The molecule has 0 nitrogen and oxygen atoms in total. The zero-order chi connectivity index (χ0) is 13.3. The molecule has 0 aromatic carbocycles. The molecule has 98 valence electrons. The van der Waals surface area contributed by atoms with Gasteiger partial charge in [0.1, 0.15) is 5.41 Å². The molecule has 2 aliphatic carbocycles. The fraction of sp³-hybridized carbons (Fsp3) is 0.800. The molecule has 2 fully saturated rings. The third-order valence-corrected chi connectivity index (χ3v) is 6.28. The van der Waals surface area contributed by atoms with Crippen molar-refractivity contribution in [3.05, 3.63) is 12.2 Å². The Hall–Kier alpha value is 1.77. The van der Waals surface area contributed by atoms with Crippen molar-refractivity contribution in [2.75, 3.05) is 0 Å². The minimum atomic E-state index is -1.81. The summed E-state index contributed by atoms with van der Waals surface area (Å²) in [5, 5.41) is 0. The number of hydrogen-bond donors (Lipinski definition) is 0. The summed E-state index contributed by atoms with van der Waals surface area (Å²) in [5.41, 5.74) is -0.717. The van der Waals surface area contributed by atoms with Gasteiger partial charge in [-0.2, -0.15) is 0 Å². The van der Waals surface area contributed by atoms with Gasteiger partial charge in [0, 0.05) is 0 Å². The molecule has 2 atom stereocenters. The van der Waals surface area contributed by atoms with E-state index in [1.54, 1.807) is 0 Å². The van der Waals surface area contributed by atoms with Crippen molar-refractivity contribution in [1.29, 1.82) is 0 Å². The van der Waals surface area contributed by atoms with E-state index < -0.39 is 17.9 Å². The van der Waals surface area contributed by atoms with E-state index in [0.717, 1.165) is 6.42 Å². The fourth-order valence-electron chi connectivity index (χ4n) is 3.26. The second-order valence-electron chi connectivity index (χ2n) is 4.68. The third-order valence-electron chi connectivity index (χ3n) is 3.96. The van der Waals surface area contributed by atoms with Crippen LogP contribution in [0.4, 0.5) is 0 Å². The zero-order valence-electron chi connectivity index (χ0n) is 8.55. The lowest BCUT2D eigenvalue weighted by Gasteiger charge is -2.52. The van der Waals surface area contributed by atoms with Gasteiger partial charge in [-0.25, -0.2) is 0 Å². The van der Waals surface area contributed by atoms with Crippen LogP contribution in [0.3, 0.4) is 0 Å². The first-order valence-corrected chi connectivity index (χ1v) is 7.63. The number of hydrogen-bond acceptors (Lipinski definition) is 0. The maximum absolute atomic E-state index is 6.62. The number of alkyl halides is 7. The highest BCUT2D eigenvalue weighted by atomic mass is 35.6. The molecule has 0 aromatic heterocycles. The van der Waals surface area contributed by atoms with Crippen molar-refractivity contribution in [2.45, 2.75) is 31.7 Å². The maximum atomic E-state index is 6.62. The minimum absolute atomic E-state index is 0.152. The third kappa shape index (κ3) is 1.78. The van der Waals surface area contributed by atoms with Crippen LogP contribution >= 0.6 is 81.2 Å². The molecule has 0 amide bonds. The summed E-state index contributed by atoms with van der Waals surface area (Å²) < 4.78 is -3.63. The lowest BCUT2D eigenvalue weighted by atomic mass is 9.71. The van der Waals surface area contributed by atoms with Gasteiger partial charge in [0.05, 0.1) is 4.87 Å². The molecule has 0 aliphatic heterocycles. The molecule has 0 aromatic rings. The van der Waals surface area contributed by atoms with E-state index in [9.17, 15) is 0 Å². The first-order chi connectivity index (χ1) is 7.47. The Bertz CT molecular complexity index is 350. The van der Waals surface area contributed by atoms with Crippen LogP contribution in [-0.2, 0) is 0 Å². The summed E-state index contributed by atoms with van der Waals surface area (Å²) in [4.78, 5) is -0.856. The van der Waals surface area contributed by atoms with Gasteiger partial charge in [0.15, 0.2) is 0 Å². The molecule has 2 aliphatic rings. The number of allylic oxidation sites excluding steroid dienone is 1. The molecule has 0 spiro atoms. The van der Waals surface area contributed by atoms with Crippen LogP contribution in [0.15, 0.2) is 12.2 Å². The van der Waals surface area contributed by atoms with Crippen LogP contribution in [0.25, 0.3) is 0 Å². The predicted octanol–water partition coefficient (Wildman–Crippen LogP) is 6.06. The Morgan fingerprint density at radius 2 is 1.53 bits per heavy atom. The largest absolute Gasteiger partial charge is 0.205 e. The smallest absolute Gasteiger partial charge is 0.118 e. The molecule has 2 saturated carbocycles. The molecule has 2 rings (SSSR count). The molecule has 0 saturated heterocycles. The second kappa shape index (κ2) is 4.13. The van der Waals surface area contributed by atoms with Crippen molar-refractivity contribution >= 4 is 81.2 Å². The lowest BCUT2D eigenvalue weighted by Crippen LogP contribution is -2.58. The average Bonchev–Trinajstić information content (AvgIpc) is 2.51. The van der Waals surface area contributed by atoms with E-state index >= 15 is 0 Å². The molecule has 2 unspecified atom stereocenters. The van der Waals surface area contributed by atoms with Gasteiger partial charge in [-0.15, -0.1) is 11.6 Å². The second-order valence-corrected chi connectivity index (χ2v) is 9.96. The number of rotatable bonds is 0. The first-order valence-electron chi connectivity index (χ1n) is 4.99. The van der Waals surface area contributed by atoms with Crippen molar-refractivity contribution in [2.24, 2.45) is 11.3 Å². The highest BCUT2D eigenvalue weighted by Gasteiger charge is 2.77. The Labute approximate surface area is 135 Å². The summed E-state index contributed by atoms with van der Waals surface area (Å²) in [6, 6.07) is 0. The highest BCUT2D eigenvalue weighted by molar-refractivity contribution is 6.74. The van der Waals surface area contributed by atoms with E-state index in [4.69, 9.17) is 81.2 Å². The monoisotopic (exact) mass is 374 g/mol. The fourth-order valence-corrected chi connectivity index (χ4v) is 7.35. The van der Waals surface area contributed by atoms with E-state index in [-0.39, 0.29) is 5.92 Å². The van der Waals surface area contributed by atoms with Crippen molar-refractivity contribution < 1.29 is 0 Å². The summed E-state index contributed by atoms with van der Waals surface area (Å²) in [6.45, 7) is 3.98. The Morgan fingerprint density at radius 1 is 1.06 bits per heavy atom. The number of halogens is 7. The van der Waals surface area contributed by atoms with E-state index in [1.807, 2.05) is 0 Å². The van der Waals surface area contributed by atoms with Crippen LogP contribution in [0.5, 0.6) is 0 Å². The van der Waals surface area contributed by atoms with Crippen LogP contribution in [0.1, 0.15) is 19.3 Å². The highest BCUT2D eigenvalue weighted by Crippen LogP contribution is 2.77. The van der Waals surface area contributed by atoms with Crippen LogP contribution < -0.4 is 0 Å². The first kappa shape index (κ1) is 15.2. The number of fused-ring (bicyclic) bond motifs is 2. The van der Waals surface area contributed by atoms with Crippen molar-refractivity contribution in [3.8, 4) is 0 Å². The average molecular weight is 377 g/mol. The molecular weight excluding hydrogens is 368 g/mol. The SMILES string of the molecule is C=C1C2CCC(Cl)(C2)C1(C(Cl)(Cl)Cl)C(Cl)(Cl)Cl. The van der Waals surface area contributed by atoms with Gasteiger partial charge < -0.3 is 0 Å². The van der Waals surface area contributed by atoms with E-state index in [0.29, 0.717) is 18.4 Å².